The molecular formula is C14H27NO. The Hall–Kier alpha value is -0.0800. The molecule has 0 aromatic carbocycles. The Bertz CT molecular complexity index is 201. The van der Waals surface area contributed by atoms with Crippen LogP contribution in [0.3, 0.4) is 0 Å². The van der Waals surface area contributed by atoms with E-state index in [1.54, 1.807) is 0 Å². The third kappa shape index (κ3) is 2.98. The second kappa shape index (κ2) is 5.50. The molecule has 1 atom stereocenters. The van der Waals surface area contributed by atoms with Crippen LogP contribution in [0.5, 0.6) is 0 Å². The highest BCUT2D eigenvalue weighted by Gasteiger charge is 2.37. The lowest BCUT2D eigenvalue weighted by Gasteiger charge is -2.37. The van der Waals surface area contributed by atoms with Crippen LogP contribution in [0.15, 0.2) is 0 Å². The number of hydrogen-bond donors (Lipinski definition) is 2. The molecule has 16 heavy (non-hydrogen) atoms. The largest absolute Gasteiger partial charge is 0.392 e. The first-order chi connectivity index (χ1) is 7.74. The van der Waals surface area contributed by atoms with Crippen LogP contribution in [-0.2, 0) is 0 Å². The summed E-state index contributed by atoms with van der Waals surface area (Å²) in [6, 6.07) is 0.674. The fourth-order valence-electron chi connectivity index (χ4n) is 3.51. The van der Waals surface area contributed by atoms with E-state index in [4.69, 9.17) is 0 Å². The molecule has 1 spiro atoms. The highest BCUT2D eigenvalue weighted by molar-refractivity contribution is 4.91. The molecule has 0 aromatic rings. The zero-order chi connectivity index (χ0) is 11.4. The van der Waals surface area contributed by atoms with Gasteiger partial charge < -0.3 is 10.4 Å². The predicted octanol–water partition coefficient (Wildman–Crippen LogP) is 2.85. The second-order valence-electron chi connectivity index (χ2n) is 5.95. The topological polar surface area (TPSA) is 32.3 Å². The highest BCUT2D eigenvalue weighted by atomic mass is 16.3. The van der Waals surface area contributed by atoms with Gasteiger partial charge in [-0.1, -0.05) is 19.8 Å². The van der Waals surface area contributed by atoms with Crippen LogP contribution in [0.2, 0.25) is 0 Å². The zero-order valence-corrected chi connectivity index (χ0v) is 10.7. The van der Waals surface area contributed by atoms with Gasteiger partial charge in [-0.15, -0.1) is 0 Å². The van der Waals surface area contributed by atoms with Crippen molar-refractivity contribution in [3.05, 3.63) is 0 Å². The molecule has 0 aromatic heterocycles. The van der Waals surface area contributed by atoms with Gasteiger partial charge in [0, 0.05) is 12.6 Å². The summed E-state index contributed by atoms with van der Waals surface area (Å²) < 4.78 is 0. The summed E-state index contributed by atoms with van der Waals surface area (Å²) in [4.78, 5) is 0. The summed E-state index contributed by atoms with van der Waals surface area (Å²) in [6.07, 6.45) is 12.1. The van der Waals surface area contributed by atoms with E-state index < -0.39 is 0 Å². The molecule has 0 bridgehead atoms. The Morgan fingerprint density at radius 1 is 1.19 bits per heavy atom. The molecule has 0 amide bonds. The van der Waals surface area contributed by atoms with Crippen molar-refractivity contribution in [1.82, 2.24) is 5.32 Å². The number of aliphatic hydroxyl groups is 1. The number of rotatable bonds is 4. The van der Waals surface area contributed by atoms with Gasteiger partial charge in [0.1, 0.15) is 0 Å². The molecule has 2 fully saturated rings. The average molecular weight is 225 g/mol. The monoisotopic (exact) mass is 225 g/mol. The van der Waals surface area contributed by atoms with E-state index in [0.29, 0.717) is 6.04 Å². The lowest BCUT2D eigenvalue weighted by molar-refractivity contribution is 0.137. The van der Waals surface area contributed by atoms with E-state index in [9.17, 15) is 5.11 Å². The number of hydrogen-bond acceptors (Lipinski definition) is 2. The van der Waals surface area contributed by atoms with Crippen molar-refractivity contribution in [2.24, 2.45) is 5.41 Å². The first-order valence-corrected chi connectivity index (χ1v) is 7.15. The fraction of sp³-hybridized carbons (Fsp3) is 1.00. The molecule has 2 rings (SSSR count). The molecular weight excluding hydrogens is 198 g/mol. The van der Waals surface area contributed by atoms with Gasteiger partial charge in [0.2, 0.25) is 0 Å². The van der Waals surface area contributed by atoms with Crippen molar-refractivity contribution in [3.63, 3.8) is 0 Å². The van der Waals surface area contributed by atoms with Crippen LogP contribution in [0.25, 0.3) is 0 Å². The highest BCUT2D eigenvalue weighted by Crippen LogP contribution is 2.48. The fourth-order valence-corrected chi connectivity index (χ4v) is 3.51. The van der Waals surface area contributed by atoms with Gasteiger partial charge >= 0.3 is 0 Å². The van der Waals surface area contributed by atoms with E-state index in [-0.39, 0.29) is 6.10 Å². The van der Waals surface area contributed by atoms with Gasteiger partial charge in [-0.05, 0) is 50.4 Å². The standard InChI is InChI=1S/C14H27NO/c1-2-13(16)11-15-12-5-9-14(10-6-12)7-3-4-8-14/h12-13,15-16H,2-11H2,1H3. The zero-order valence-electron chi connectivity index (χ0n) is 10.7. The second-order valence-corrected chi connectivity index (χ2v) is 5.95. The van der Waals surface area contributed by atoms with Gasteiger partial charge in [-0.2, -0.15) is 0 Å². The smallest absolute Gasteiger partial charge is 0.0662 e. The molecule has 1 unspecified atom stereocenters. The van der Waals surface area contributed by atoms with Crippen molar-refractivity contribution in [2.45, 2.75) is 76.9 Å². The van der Waals surface area contributed by atoms with E-state index in [2.05, 4.69) is 5.32 Å². The Labute approximate surface area is 99.8 Å². The molecule has 2 saturated carbocycles. The van der Waals surface area contributed by atoms with Crippen LogP contribution >= 0.6 is 0 Å². The van der Waals surface area contributed by atoms with Crippen LogP contribution in [-0.4, -0.2) is 23.8 Å². The van der Waals surface area contributed by atoms with Gasteiger partial charge in [0.05, 0.1) is 6.10 Å². The molecule has 0 saturated heterocycles. The van der Waals surface area contributed by atoms with Crippen molar-refractivity contribution in [1.29, 1.82) is 0 Å². The van der Waals surface area contributed by atoms with Crippen LogP contribution in [0.1, 0.15) is 64.7 Å². The van der Waals surface area contributed by atoms with Gasteiger partial charge in [-0.25, -0.2) is 0 Å². The minimum absolute atomic E-state index is 0.151. The molecule has 2 aliphatic rings. The molecule has 0 radical (unpaired) electrons. The maximum absolute atomic E-state index is 9.53. The van der Waals surface area contributed by atoms with Crippen LogP contribution in [0, 0.1) is 5.41 Å². The van der Waals surface area contributed by atoms with E-state index in [1.807, 2.05) is 6.92 Å². The predicted molar refractivity (Wildman–Crippen MR) is 67.5 cm³/mol. The van der Waals surface area contributed by atoms with Crippen molar-refractivity contribution in [3.8, 4) is 0 Å². The molecule has 2 aliphatic carbocycles. The normalized spacial score (nSPS) is 27.4. The summed E-state index contributed by atoms with van der Waals surface area (Å²) in [5.41, 5.74) is 0.738. The SMILES string of the molecule is CCC(O)CNC1CCC2(CCCC2)CC1. The molecule has 94 valence electrons. The molecule has 0 heterocycles. The van der Waals surface area contributed by atoms with Gasteiger partial charge in [0.15, 0.2) is 0 Å². The van der Waals surface area contributed by atoms with E-state index in [0.717, 1.165) is 18.4 Å². The third-order valence-corrected chi connectivity index (χ3v) is 4.82. The quantitative estimate of drug-likeness (QED) is 0.771. The first-order valence-electron chi connectivity index (χ1n) is 7.15. The van der Waals surface area contributed by atoms with Gasteiger partial charge in [0.25, 0.3) is 0 Å². The number of aliphatic hydroxyl groups excluding tert-OH is 1. The Morgan fingerprint density at radius 3 is 2.38 bits per heavy atom. The van der Waals surface area contributed by atoms with Crippen molar-refractivity contribution in [2.75, 3.05) is 6.54 Å². The molecule has 2 nitrogen and oxygen atoms in total. The lowest BCUT2D eigenvalue weighted by Crippen LogP contribution is -2.40. The lowest BCUT2D eigenvalue weighted by atomic mass is 9.71. The maximum Gasteiger partial charge on any atom is 0.0662 e. The van der Waals surface area contributed by atoms with Gasteiger partial charge in [-0.3, -0.25) is 0 Å². The number of nitrogens with one attached hydrogen (secondary N) is 1. The summed E-state index contributed by atoms with van der Waals surface area (Å²) in [7, 11) is 0. The van der Waals surface area contributed by atoms with E-state index >= 15 is 0 Å². The molecule has 2 N–H and O–H groups in total. The van der Waals surface area contributed by atoms with E-state index in [1.165, 1.54) is 51.4 Å². The maximum atomic E-state index is 9.53. The van der Waals surface area contributed by atoms with Crippen LogP contribution < -0.4 is 5.32 Å². The third-order valence-electron chi connectivity index (χ3n) is 4.82. The summed E-state index contributed by atoms with van der Waals surface area (Å²) >= 11 is 0. The molecule has 2 heteroatoms. The summed E-state index contributed by atoms with van der Waals surface area (Å²) in [5, 5.41) is 13.1. The minimum Gasteiger partial charge on any atom is -0.392 e. The summed E-state index contributed by atoms with van der Waals surface area (Å²) in [5.74, 6) is 0. The Morgan fingerprint density at radius 2 is 1.81 bits per heavy atom. The van der Waals surface area contributed by atoms with Crippen LogP contribution in [0.4, 0.5) is 0 Å². The minimum atomic E-state index is -0.151. The Kier molecular flexibility index (Phi) is 4.26. The average Bonchev–Trinajstić information content (AvgIpc) is 2.77. The first kappa shape index (κ1) is 12.4. The van der Waals surface area contributed by atoms with Crippen molar-refractivity contribution >= 4 is 0 Å². The van der Waals surface area contributed by atoms with Crippen molar-refractivity contribution < 1.29 is 5.11 Å². The Balaban J connectivity index is 1.69. The molecule has 0 aliphatic heterocycles. The summed E-state index contributed by atoms with van der Waals surface area (Å²) in [6.45, 7) is 2.83.